The Bertz CT molecular complexity index is 486. The Hall–Kier alpha value is -1.68. The van der Waals surface area contributed by atoms with Crippen LogP contribution in [0.25, 0.3) is 0 Å². The van der Waals surface area contributed by atoms with Gasteiger partial charge in [-0.2, -0.15) is 5.10 Å². The number of nitrogens with one attached hydrogen (secondary N) is 2. The summed E-state index contributed by atoms with van der Waals surface area (Å²) in [5.41, 5.74) is 1.34. The first-order chi connectivity index (χ1) is 8.92. The summed E-state index contributed by atoms with van der Waals surface area (Å²) in [6.07, 6.45) is 4.30. The lowest BCUT2D eigenvalue weighted by molar-refractivity contribution is 0.607. The highest BCUT2D eigenvalue weighted by Crippen LogP contribution is 2.19. The Morgan fingerprint density at radius 1 is 1.17 bits per heavy atom. The Balaban J connectivity index is 1.60. The molecule has 1 atom stereocenters. The fourth-order valence-electron chi connectivity index (χ4n) is 2.39. The van der Waals surface area contributed by atoms with Crippen LogP contribution < -0.4 is 5.32 Å². The minimum Gasteiger partial charge on any atom is -0.307 e. The van der Waals surface area contributed by atoms with E-state index in [9.17, 15) is 0 Å². The van der Waals surface area contributed by atoms with Crippen molar-refractivity contribution in [3.8, 4) is 0 Å². The van der Waals surface area contributed by atoms with Crippen LogP contribution >= 0.6 is 0 Å². The van der Waals surface area contributed by atoms with Crippen LogP contribution in [-0.4, -0.2) is 21.7 Å². The number of aryl methyl sites for hydroxylation is 2. The van der Waals surface area contributed by atoms with Gasteiger partial charge < -0.3 is 5.32 Å². The van der Waals surface area contributed by atoms with Crippen molar-refractivity contribution < 1.29 is 0 Å². The molecule has 1 aliphatic heterocycles. The van der Waals surface area contributed by atoms with Gasteiger partial charge in [0, 0.05) is 6.42 Å². The molecule has 0 aliphatic carbocycles. The zero-order valence-electron chi connectivity index (χ0n) is 10.4. The standard InChI is InChI=1S/C14H18N4/c1-2-5-11(6-3-1)8-9-13-16-14(18-17-13)12-7-4-10-15-12/h1-3,5-6,12,15H,4,7-10H2,(H,16,17,18). The molecule has 2 aromatic rings. The van der Waals surface area contributed by atoms with E-state index in [2.05, 4.69) is 44.8 Å². The summed E-state index contributed by atoms with van der Waals surface area (Å²) in [5, 5.41) is 10.8. The van der Waals surface area contributed by atoms with E-state index in [0.717, 1.165) is 37.5 Å². The number of aromatic amines is 1. The molecular weight excluding hydrogens is 224 g/mol. The predicted octanol–water partition coefficient (Wildman–Crippen LogP) is 2.01. The van der Waals surface area contributed by atoms with E-state index in [0.29, 0.717) is 6.04 Å². The highest BCUT2D eigenvalue weighted by molar-refractivity contribution is 5.15. The van der Waals surface area contributed by atoms with Gasteiger partial charge in [-0.05, 0) is 31.4 Å². The molecule has 0 saturated carbocycles. The summed E-state index contributed by atoms with van der Waals surface area (Å²) >= 11 is 0. The maximum atomic E-state index is 4.58. The first kappa shape index (κ1) is 11.4. The van der Waals surface area contributed by atoms with Gasteiger partial charge in [0.25, 0.3) is 0 Å². The quantitative estimate of drug-likeness (QED) is 0.862. The smallest absolute Gasteiger partial charge is 0.167 e. The summed E-state index contributed by atoms with van der Waals surface area (Å²) in [6.45, 7) is 1.08. The summed E-state index contributed by atoms with van der Waals surface area (Å²) in [6, 6.07) is 10.8. The van der Waals surface area contributed by atoms with Crippen molar-refractivity contribution in [2.75, 3.05) is 6.54 Å². The van der Waals surface area contributed by atoms with E-state index >= 15 is 0 Å². The minimum atomic E-state index is 0.353. The first-order valence-electron chi connectivity index (χ1n) is 6.60. The van der Waals surface area contributed by atoms with E-state index in [1.54, 1.807) is 0 Å². The second-order valence-electron chi connectivity index (χ2n) is 4.77. The lowest BCUT2D eigenvalue weighted by Gasteiger charge is -2.02. The summed E-state index contributed by atoms with van der Waals surface area (Å²) < 4.78 is 0. The number of H-pyrrole nitrogens is 1. The molecule has 1 aliphatic rings. The van der Waals surface area contributed by atoms with E-state index in [4.69, 9.17) is 0 Å². The lowest BCUT2D eigenvalue weighted by Crippen LogP contribution is -2.14. The van der Waals surface area contributed by atoms with Crippen molar-refractivity contribution in [3.63, 3.8) is 0 Å². The third kappa shape index (κ3) is 2.59. The molecule has 1 saturated heterocycles. The molecule has 4 nitrogen and oxygen atoms in total. The summed E-state index contributed by atoms with van der Waals surface area (Å²) in [4.78, 5) is 4.58. The molecule has 2 heterocycles. The molecule has 18 heavy (non-hydrogen) atoms. The zero-order valence-corrected chi connectivity index (χ0v) is 10.4. The van der Waals surface area contributed by atoms with Gasteiger partial charge in [0.05, 0.1) is 6.04 Å². The number of aromatic nitrogens is 3. The van der Waals surface area contributed by atoms with Crippen LogP contribution in [0, 0.1) is 0 Å². The molecule has 0 radical (unpaired) electrons. The predicted molar refractivity (Wildman–Crippen MR) is 70.2 cm³/mol. The SMILES string of the molecule is c1ccc(CCc2nc(C3CCCN3)n[nH]2)cc1. The number of rotatable bonds is 4. The fraction of sp³-hybridized carbons (Fsp3) is 0.429. The van der Waals surface area contributed by atoms with Crippen molar-refractivity contribution in [2.45, 2.75) is 31.7 Å². The van der Waals surface area contributed by atoms with Crippen molar-refractivity contribution in [3.05, 3.63) is 47.5 Å². The van der Waals surface area contributed by atoms with Crippen LogP contribution in [0.5, 0.6) is 0 Å². The normalized spacial score (nSPS) is 19.2. The van der Waals surface area contributed by atoms with Crippen LogP contribution in [0.3, 0.4) is 0 Å². The van der Waals surface area contributed by atoms with Crippen LogP contribution in [0.15, 0.2) is 30.3 Å². The van der Waals surface area contributed by atoms with Gasteiger partial charge in [0.1, 0.15) is 5.82 Å². The maximum Gasteiger partial charge on any atom is 0.167 e. The van der Waals surface area contributed by atoms with Crippen LogP contribution in [0.4, 0.5) is 0 Å². The lowest BCUT2D eigenvalue weighted by atomic mass is 10.1. The van der Waals surface area contributed by atoms with E-state index in [1.165, 1.54) is 12.0 Å². The monoisotopic (exact) mass is 242 g/mol. The van der Waals surface area contributed by atoms with Gasteiger partial charge in [0.15, 0.2) is 5.82 Å². The van der Waals surface area contributed by atoms with Crippen molar-refractivity contribution in [2.24, 2.45) is 0 Å². The minimum absolute atomic E-state index is 0.353. The molecular formula is C14H18N4. The van der Waals surface area contributed by atoms with E-state index in [-0.39, 0.29) is 0 Å². The van der Waals surface area contributed by atoms with Crippen molar-refractivity contribution >= 4 is 0 Å². The Kier molecular flexibility index (Phi) is 3.37. The molecule has 2 N–H and O–H groups in total. The number of hydrogen-bond donors (Lipinski definition) is 2. The van der Waals surface area contributed by atoms with Crippen LogP contribution in [-0.2, 0) is 12.8 Å². The van der Waals surface area contributed by atoms with Gasteiger partial charge in [-0.25, -0.2) is 4.98 Å². The summed E-state index contributed by atoms with van der Waals surface area (Å²) in [5.74, 6) is 1.91. The molecule has 1 aromatic carbocycles. The molecule has 0 bridgehead atoms. The fourth-order valence-corrected chi connectivity index (χ4v) is 2.39. The third-order valence-corrected chi connectivity index (χ3v) is 3.41. The number of hydrogen-bond acceptors (Lipinski definition) is 3. The topological polar surface area (TPSA) is 53.6 Å². The Labute approximate surface area is 107 Å². The Morgan fingerprint density at radius 3 is 2.83 bits per heavy atom. The summed E-state index contributed by atoms with van der Waals surface area (Å²) in [7, 11) is 0. The van der Waals surface area contributed by atoms with E-state index in [1.807, 2.05) is 6.07 Å². The average molecular weight is 242 g/mol. The molecule has 0 spiro atoms. The van der Waals surface area contributed by atoms with Gasteiger partial charge in [-0.3, -0.25) is 5.10 Å². The molecule has 94 valence electrons. The molecule has 4 heteroatoms. The third-order valence-electron chi connectivity index (χ3n) is 3.41. The van der Waals surface area contributed by atoms with Crippen molar-refractivity contribution in [1.29, 1.82) is 0 Å². The van der Waals surface area contributed by atoms with E-state index < -0.39 is 0 Å². The molecule has 1 aromatic heterocycles. The molecule has 1 unspecified atom stereocenters. The Morgan fingerprint density at radius 2 is 2.06 bits per heavy atom. The van der Waals surface area contributed by atoms with Crippen molar-refractivity contribution in [1.82, 2.24) is 20.5 Å². The number of benzene rings is 1. The number of nitrogens with zero attached hydrogens (tertiary/aromatic N) is 2. The highest BCUT2D eigenvalue weighted by Gasteiger charge is 2.20. The highest BCUT2D eigenvalue weighted by atomic mass is 15.2. The second kappa shape index (κ2) is 5.31. The van der Waals surface area contributed by atoms with Gasteiger partial charge in [-0.1, -0.05) is 30.3 Å². The molecule has 0 amide bonds. The van der Waals surface area contributed by atoms with Gasteiger partial charge >= 0.3 is 0 Å². The molecule has 1 fully saturated rings. The maximum absolute atomic E-state index is 4.58. The first-order valence-corrected chi connectivity index (χ1v) is 6.60. The second-order valence-corrected chi connectivity index (χ2v) is 4.77. The van der Waals surface area contributed by atoms with Gasteiger partial charge in [-0.15, -0.1) is 0 Å². The van der Waals surface area contributed by atoms with Crippen LogP contribution in [0.2, 0.25) is 0 Å². The zero-order chi connectivity index (χ0) is 12.2. The largest absolute Gasteiger partial charge is 0.307 e. The van der Waals surface area contributed by atoms with Crippen LogP contribution in [0.1, 0.15) is 36.1 Å². The molecule has 3 rings (SSSR count). The average Bonchev–Trinajstić information content (AvgIpc) is 3.08. The van der Waals surface area contributed by atoms with Gasteiger partial charge in [0.2, 0.25) is 0 Å².